The molecule has 0 atom stereocenters. The number of carbonyl (C=O) groups excluding carboxylic acids is 2. The first-order valence-electron chi connectivity index (χ1n) is 8.81. The topological polar surface area (TPSA) is 75.9 Å². The Morgan fingerprint density at radius 3 is 2.44 bits per heavy atom. The van der Waals surface area contributed by atoms with Gasteiger partial charge in [-0.25, -0.2) is 9.18 Å². The van der Waals surface area contributed by atoms with Crippen molar-refractivity contribution in [2.24, 2.45) is 5.73 Å². The van der Waals surface area contributed by atoms with Gasteiger partial charge in [-0.2, -0.15) is 0 Å². The van der Waals surface area contributed by atoms with Gasteiger partial charge in [0.15, 0.2) is 5.78 Å². The normalized spacial score (nSPS) is 14.1. The molecule has 2 aromatic rings. The highest BCUT2D eigenvalue weighted by Gasteiger charge is 2.25. The average Bonchev–Trinajstić information content (AvgIpc) is 2.73. The Hall–Kier alpha value is -2.77. The van der Waals surface area contributed by atoms with Crippen LogP contribution in [-0.2, 0) is 11.3 Å². The summed E-state index contributed by atoms with van der Waals surface area (Å²) in [6, 6.07) is 13.2. The van der Waals surface area contributed by atoms with Gasteiger partial charge in [-0.05, 0) is 18.2 Å². The van der Waals surface area contributed by atoms with Gasteiger partial charge < -0.3 is 15.4 Å². The lowest BCUT2D eigenvalue weighted by Crippen LogP contribution is -2.48. The van der Waals surface area contributed by atoms with E-state index in [0.29, 0.717) is 37.6 Å². The number of hydrogen-bond acceptors (Lipinski definition) is 4. The molecule has 0 spiro atoms. The maximum absolute atomic E-state index is 14.6. The third-order valence-corrected chi connectivity index (χ3v) is 4.47. The van der Waals surface area contributed by atoms with E-state index in [0.717, 1.165) is 0 Å². The maximum atomic E-state index is 14.6. The predicted molar refractivity (Wildman–Crippen MR) is 100 cm³/mol. The highest BCUT2D eigenvalue weighted by atomic mass is 19.1. The number of urea groups is 1. The van der Waals surface area contributed by atoms with E-state index in [1.807, 2.05) is 30.3 Å². The predicted octanol–water partition coefficient (Wildman–Crippen LogP) is 2.43. The number of ketones is 1. The van der Waals surface area contributed by atoms with Gasteiger partial charge in [-0.3, -0.25) is 9.69 Å². The molecule has 142 valence electrons. The molecule has 1 heterocycles. The van der Waals surface area contributed by atoms with E-state index < -0.39 is 5.82 Å². The Balaban J connectivity index is 1.87. The van der Waals surface area contributed by atoms with Crippen LogP contribution in [0.1, 0.15) is 15.9 Å². The number of carbonyl (C=O) groups is 2. The molecule has 3 rings (SSSR count). The Labute approximate surface area is 157 Å². The lowest BCUT2D eigenvalue weighted by atomic mass is 10.1. The van der Waals surface area contributed by atoms with Crippen molar-refractivity contribution < 1.29 is 18.7 Å². The van der Waals surface area contributed by atoms with Crippen molar-refractivity contribution in [3.8, 4) is 0 Å². The summed E-state index contributed by atoms with van der Waals surface area (Å²) < 4.78 is 19.9. The Morgan fingerprint density at radius 2 is 1.81 bits per heavy atom. The molecule has 0 saturated carbocycles. The van der Waals surface area contributed by atoms with Crippen molar-refractivity contribution in [3.05, 3.63) is 65.5 Å². The van der Waals surface area contributed by atoms with E-state index in [1.165, 1.54) is 23.1 Å². The third-order valence-electron chi connectivity index (χ3n) is 4.47. The number of Topliss-reactive ketones (excluding diaryl/α,β-unsaturated/α-hetero) is 1. The molecule has 2 aromatic carbocycles. The van der Waals surface area contributed by atoms with Crippen molar-refractivity contribution in [1.29, 1.82) is 0 Å². The summed E-state index contributed by atoms with van der Waals surface area (Å²) >= 11 is 0. The summed E-state index contributed by atoms with van der Waals surface area (Å²) in [6.07, 6.45) is 0. The van der Waals surface area contributed by atoms with Crippen LogP contribution in [-0.4, -0.2) is 49.6 Å². The zero-order valence-corrected chi connectivity index (χ0v) is 14.9. The quantitative estimate of drug-likeness (QED) is 0.819. The summed E-state index contributed by atoms with van der Waals surface area (Å²) in [4.78, 5) is 27.9. The number of nitrogens with two attached hydrogens (primary N) is 1. The van der Waals surface area contributed by atoms with Gasteiger partial charge in [0, 0.05) is 29.9 Å². The number of morpholine rings is 1. The van der Waals surface area contributed by atoms with Crippen molar-refractivity contribution >= 4 is 17.5 Å². The van der Waals surface area contributed by atoms with Gasteiger partial charge in [0.1, 0.15) is 5.82 Å². The van der Waals surface area contributed by atoms with Crippen LogP contribution >= 0.6 is 0 Å². The minimum absolute atomic E-state index is 0.0587. The first-order chi connectivity index (χ1) is 13.1. The number of rotatable bonds is 5. The number of nitrogens with zero attached hydrogens (tertiary/aromatic N) is 2. The molecule has 1 saturated heterocycles. The SMILES string of the molecule is NCC(=O)c1ccc(CN(C(=O)N2CCOCC2)c2ccccc2)c(F)c1. The maximum Gasteiger partial charge on any atom is 0.324 e. The van der Waals surface area contributed by atoms with Gasteiger partial charge >= 0.3 is 6.03 Å². The zero-order valence-electron chi connectivity index (χ0n) is 14.9. The molecule has 1 fully saturated rings. The van der Waals surface area contributed by atoms with E-state index in [2.05, 4.69) is 0 Å². The highest BCUT2D eigenvalue weighted by Crippen LogP contribution is 2.21. The molecule has 0 aliphatic carbocycles. The number of benzene rings is 2. The lowest BCUT2D eigenvalue weighted by molar-refractivity contribution is 0.0548. The fraction of sp³-hybridized carbons (Fsp3) is 0.300. The molecule has 1 aliphatic rings. The molecule has 6 nitrogen and oxygen atoms in total. The Bertz CT molecular complexity index is 807. The van der Waals surface area contributed by atoms with Crippen LogP contribution in [0.15, 0.2) is 48.5 Å². The van der Waals surface area contributed by atoms with Crippen LogP contribution < -0.4 is 10.6 Å². The van der Waals surface area contributed by atoms with E-state index in [9.17, 15) is 14.0 Å². The van der Waals surface area contributed by atoms with Crippen molar-refractivity contribution in [2.75, 3.05) is 37.7 Å². The number of hydrogen-bond donors (Lipinski definition) is 1. The molecule has 0 bridgehead atoms. The minimum atomic E-state index is -0.537. The summed E-state index contributed by atoms with van der Waals surface area (Å²) in [7, 11) is 0. The van der Waals surface area contributed by atoms with Crippen LogP contribution in [0.3, 0.4) is 0 Å². The van der Waals surface area contributed by atoms with Crippen LogP contribution in [0.2, 0.25) is 0 Å². The molecule has 2 amide bonds. The Morgan fingerprint density at radius 1 is 1.11 bits per heavy atom. The summed E-state index contributed by atoms with van der Waals surface area (Å²) in [5.74, 6) is -0.866. The second-order valence-electron chi connectivity index (χ2n) is 6.24. The third kappa shape index (κ3) is 4.50. The molecule has 0 aromatic heterocycles. The second kappa shape index (κ2) is 8.75. The molecule has 27 heavy (non-hydrogen) atoms. The number of halogens is 1. The zero-order chi connectivity index (χ0) is 19.2. The molecule has 1 aliphatic heterocycles. The number of anilines is 1. The number of amides is 2. The molecule has 2 N–H and O–H groups in total. The Kier molecular flexibility index (Phi) is 6.16. The molecular weight excluding hydrogens is 349 g/mol. The molecular formula is C20H22FN3O3. The molecule has 0 unspecified atom stereocenters. The van der Waals surface area contributed by atoms with Crippen molar-refractivity contribution in [3.63, 3.8) is 0 Å². The van der Waals surface area contributed by atoms with Gasteiger partial charge in [0.25, 0.3) is 0 Å². The van der Waals surface area contributed by atoms with Crippen LogP contribution in [0, 0.1) is 5.82 Å². The monoisotopic (exact) mass is 371 g/mol. The van der Waals surface area contributed by atoms with Crippen molar-refractivity contribution in [2.45, 2.75) is 6.54 Å². The fourth-order valence-electron chi connectivity index (χ4n) is 2.94. The number of ether oxygens (including phenoxy) is 1. The minimum Gasteiger partial charge on any atom is -0.378 e. The summed E-state index contributed by atoms with van der Waals surface area (Å²) in [6.45, 7) is 1.84. The molecule has 0 radical (unpaired) electrons. The first-order valence-corrected chi connectivity index (χ1v) is 8.81. The van der Waals surface area contributed by atoms with E-state index >= 15 is 0 Å². The lowest BCUT2D eigenvalue weighted by Gasteiger charge is -2.33. The number of para-hydroxylation sites is 1. The van der Waals surface area contributed by atoms with Gasteiger partial charge in [0.05, 0.1) is 26.3 Å². The van der Waals surface area contributed by atoms with Gasteiger partial charge in [-0.1, -0.05) is 30.3 Å². The average molecular weight is 371 g/mol. The van der Waals surface area contributed by atoms with Gasteiger partial charge in [0.2, 0.25) is 0 Å². The summed E-state index contributed by atoms with van der Waals surface area (Å²) in [5, 5.41) is 0. The largest absolute Gasteiger partial charge is 0.378 e. The van der Waals surface area contributed by atoms with Crippen molar-refractivity contribution in [1.82, 2.24) is 4.90 Å². The first kappa shape index (κ1) is 19.0. The highest BCUT2D eigenvalue weighted by molar-refractivity contribution is 5.97. The smallest absolute Gasteiger partial charge is 0.324 e. The van der Waals surface area contributed by atoms with E-state index in [1.54, 1.807) is 4.90 Å². The van der Waals surface area contributed by atoms with Crippen LogP contribution in [0.5, 0.6) is 0 Å². The van der Waals surface area contributed by atoms with Crippen LogP contribution in [0.4, 0.5) is 14.9 Å². The van der Waals surface area contributed by atoms with E-state index in [-0.39, 0.29) is 30.5 Å². The second-order valence-corrected chi connectivity index (χ2v) is 6.24. The fourth-order valence-corrected chi connectivity index (χ4v) is 2.94. The molecule has 7 heteroatoms. The summed E-state index contributed by atoms with van der Waals surface area (Å²) in [5.41, 5.74) is 6.56. The van der Waals surface area contributed by atoms with Crippen LogP contribution in [0.25, 0.3) is 0 Å². The standard InChI is InChI=1S/C20H22FN3O3/c21-18-12-15(19(25)13-22)6-7-16(18)14-24(17-4-2-1-3-5-17)20(26)23-8-10-27-11-9-23/h1-7,12H,8-11,13-14,22H2. The van der Waals surface area contributed by atoms with Gasteiger partial charge in [-0.15, -0.1) is 0 Å². The van der Waals surface area contributed by atoms with E-state index in [4.69, 9.17) is 10.5 Å².